The molecule has 152 valence electrons. The second-order valence-electron chi connectivity index (χ2n) is 5.94. The maximum absolute atomic E-state index is 11.3. The van der Waals surface area contributed by atoms with Crippen LogP contribution in [0.25, 0.3) is 0 Å². The molecule has 8 N–H and O–H groups in total. The van der Waals surface area contributed by atoms with Crippen LogP contribution in [0.5, 0.6) is 0 Å². The fraction of sp³-hybridized carbons (Fsp3) is 0.857. The highest BCUT2D eigenvalue weighted by Crippen LogP contribution is 2.22. The van der Waals surface area contributed by atoms with Crippen LogP contribution in [0, 0.1) is 0 Å². The molecule has 0 aromatic rings. The molecule has 0 radical (unpaired) electrons. The van der Waals surface area contributed by atoms with E-state index in [1.807, 2.05) is 0 Å². The minimum Gasteiger partial charge on any atom is -0.394 e. The van der Waals surface area contributed by atoms with Crippen molar-refractivity contribution in [3.8, 4) is 0 Å². The summed E-state index contributed by atoms with van der Waals surface area (Å²) in [5.74, 6) is -0.578. The molecule has 1 fully saturated rings. The van der Waals surface area contributed by atoms with Gasteiger partial charge in [0, 0.05) is 6.92 Å². The highest BCUT2D eigenvalue weighted by atomic mass is 16.7. The summed E-state index contributed by atoms with van der Waals surface area (Å²) in [6.45, 7) is -0.212. The van der Waals surface area contributed by atoms with E-state index in [0.29, 0.717) is 0 Å². The Balaban J connectivity index is 2.76. The standard InChI is InChI=1S/C14H25NO11/c1-5(18)15-9-13(24)12(23)8(3-17)26-14(9)25-4-7(20)11(22)10(21)6(19)2-16/h2,6-14,17,19-24H,3-4H2,1H3,(H,15,18)/t6-,7+,8+,9+,10+,11-,12+,13+,14+/m0/s1. The minimum absolute atomic E-state index is 0.0257. The number of hydrogen-bond acceptors (Lipinski definition) is 11. The molecule has 12 nitrogen and oxygen atoms in total. The van der Waals surface area contributed by atoms with Crippen LogP contribution < -0.4 is 5.32 Å². The van der Waals surface area contributed by atoms with E-state index in [-0.39, 0.29) is 6.29 Å². The van der Waals surface area contributed by atoms with E-state index in [1.54, 1.807) is 0 Å². The summed E-state index contributed by atoms with van der Waals surface area (Å²) in [7, 11) is 0. The molecule has 1 aliphatic rings. The molecule has 1 rings (SSSR count). The van der Waals surface area contributed by atoms with Gasteiger partial charge in [0.1, 0.15) is 48.8 Å². The first-order chi connectivity index (χ1) is 12.1. The zero-order valence-corrected chi connectivity index (χ0v) is 14.0. The molecule has 0 bridgehead atoms. The lowest BCUT2D eigenvalue weighted by molar-refractivity contribution is -0.277. The van der Waals surface area contributed by atoms with Gasteiger partial charge in [-0.3, -0.25) is 4.79 Å². The fourth-order valence-electron chi connectivity index (χ4n) is 2.42. The van der Waals surface area contributed by atoms with Gasteiger partial charge in [0.05, 0.1) is 13.2 Å². The molecular weight excluding hydrogens is 358 g/mol. The van der Waals surface area contributed by atoms with E-state index < -0.39 is 74.2 Å². The second-order valence-corrected chi connectivity index (χ2v) is 5.94. The van der Waals surface area contributed by atoms with Crippen LogP contribution >= 0.6 is 0 Å². The molecule has 9 atom stereocenters. The fourth-order valence-corrected chi connectivity index (χ4v) is 2.42. The van der Waals surface area contributed by atoms with Crippen LogP contribution in [-0.4, -0.2) is 116 Å². The molecule has 0 aromatic carbocycles. The summed E-state index contributed by atoms with van der Waals surface area (Å²) in [6.07, 6.45) is -13.3. The molecule has 12 heteroatoms. The smallest absolute Gasteiger partial charge is 0.217 e. The van der Waals surface area contributed by atoms with Crippen molar-refractivity contribution in [2.75, 3.05) is 13.2 Å². The number of aliphatic hydroxyl groups excluding tert-OH is 7. The Kier molecular flexibility index (Phi) is 8.95. The molecule has 1 aliphatic heterocycles. The molecule has 1 amide bonds. The van der Waals surface area contributed by atoms with Gasteiger partial charge in [-0.05, 0) is 0 Å². The van der Waals surface area contributed by atoms with E-state index in [1.165, 1.54) is 0 Å². The molecule has 0 aliphatic carbocycles. The number of carbonyl (C=O) groups is 2. The van der Waals surface area contributed by atoms with E-state index in [9.17, 15) is 35.1 Å². The van der Waals surface area contributed by atoms with Crippen molar-refractivity contribution in [3.05, 3.63) is 0 Å². The lowest BCUT2D eigenvalue weighted by Crippen LogP contribution is -2.65. The normalized spacial score (nSPS) is 33.8. The maximum Gasteiger partial charge on any atom is 0.217 e. The van der Waals surface area contributed by atoms with Gasteiger partial charge in [-0.1, -0.05) is 0 Å². The van der Waals surface area contributed by atoms with Crippen molar-refractivity contribution in [2.45, 2.75) is 62.0 Å². The second kappa shape index (κ2) is 10.2. The Morgan fingerprint density at radius 1 is 1.19 bits per heavy atom. The number of aldehydes is 1. The molecule has 1 saturated heterocycles. The summed E-state index contributed by atoms with van der Waals surface area (Å²) in [4.78, 5) is 21.6. The number of amides is 1. The van der Waals surface area contributed by atoms with Gasteiger partial charge in [0.25, 0.3) is 0 Å². The monoisotopic (exact) mass is 383 g/mol. The summed E-state index contributed by atoms with van der Waals surface area (Å²) >= 11 is 0. The van der Waals surface area contributed by atoms with Gasteiger partial charge in [0.2, 0.25) is 5.91 Å². The van der Waals surface area contributed by atoms with Gasteiger partial charge in [-0.15, -0.1) is 0 Å². The quantitative estimate of drug-likeness (QED) is 0.176. The number of nitrogens with one attached hydrogen (secondary N) is 1. The minimum atomic E-state index is -1.97. The number of hydrogen-bond donors (Lipinski definition) is 8. The Morgan fingerprint density at radius 2 is 1.81 bits per heavy atom. The van der Waals surface area contributed by atoms with E-state index in [2.05, 4.69) is 5.32 Å². The average molecular weight is 383 g/mol. The van der Waals surface area contributed by atoms with Crippen molar-refractivity contribution in [1.82, 2.24) is 5.32 Å². The number of rotatable bonds is 9. The van der Waals surface area contributed by atoms with Crippen molar-refractivity contribution in [2.24, 2.45) is 0 Å². The first-order valence-electron chi connectivity index (χ1n) is 7.82. The number of ether oxygens (including phenoxy) is 2. The zero-order valence-electron chi connectivity index (χ0n) is 14.0. The lowest BCUT2D eigenvalue weighted by atomic mass is 9.97. The molecule has 0 unspecified atom stereocenters. The topological polar surface area (TPSA) is 206 Å². The predicted molar refractivity (Wildman–Crippen MR) is 81.4 cm³/mol. The Labute approximate surface area is 148 Å². The van der Waals surface area contributed by atoms with Crippen molar-refractivity contribution < 1.29 is 54.8 Å². The average Bonchev–Trinajstić information content (AvgIpc) is 2.62. The van der Waals surface area contributed by atoms with Crippen LogP contribution in [0.15, 0.2) is 0 Å². The Hall–Kier alpha value is -1.22. The first kappa shape index (κ1) is 22.8. The number of aliphatic hydroxyl groups is 7. The molecule has 0 aromatic heterocycles. The van der Waals surface area contributed by atoms with Gasteiger partial charge in [0.15, 0.2) is 12.6 Å². The Morgan fingerprint density at radius 3 is 2.31 bits per heavy atom. The predicted octanol–water partition coefficient (Wildman–Crippen LogP) is -5.41. The van der Waals surface area contributed by atoms with E-state index in [0.717, 1.165) is 6.92 Å². The summed E-state index contributed by atoms with van der Waals surface area (Å²) in [5.41, 5.74) is 0. The lowest BCUT2D eigenvalue weighted by Gasteiger charge is -2.42. The van der Waals surface area contributed by atoms with E-state index >= 15 is 0 Å². The molecule has 0 spiro atoms. The summed E-state index contributed by atoms with van der Waals surface area (Å²) < 4.78 is 10.4. The zero-order chi connectivity index (χ0) is 20.0. The van der Waals surface area contributed by atoms with Crippen LogP contribution in [0.2, 0.25) is 0 Å². The van der Waals surface area contributed by atoms with Crippen LogP contribution in [0.3, 0.4) is 0 Å². The third kappa shape index (κ3) is 5.64. The molecule has 0 saturated carbocycles. The largest absolute Gasteiger partial charge is 0.394 e. The van der Waals surface area contributed by atoms with Crippen LogP contribution in [0.4, 0.5) is 0 Å². The third-order valence-electron chi connectivity index (χ3n) is 3.92. The Bertz CT molecular complexity index is 464. The van der Waals surface area contributed by atoms with Crippen molar-refractivity contribution >= 4 is 12.2 Å². The molecule has 26 heavy (non-hydrogen) atoms. The van der Waals surface area contributed by atoms with Crippen LogP contribution in [0.1, 0.15) is 6.92 Å². The first-order valence-corrected chi connectivity index (χ1v) is 7.82. The number of carbonyl (C=O) groups excluding carboxylic acids is 2. The maximum atomic E-state index is 11.3. The highest BCUT2D eigenvalue weighted by molar-refractivity contribution is 5.73. The van der Waals surface area contributed by atoms with Gasteiger partial charge in [-0.25, -0.2) is 0 Å². The molecular formula is C14H25NO11. The van der Waals surface area contributed by atoms with Crippen molar-refractivity contribution in [1.29, 1.82) is 0 Å². The van der Waals surface area contributed by atoms with E-state index in [4.69, 9.17) is 19.7 Å². The van der Waals surface area contributed by atoms with Gasteiger partial charge < -0.3 is 55.3 Å². The third-order valence-corrected chi connectivity index (χ3v) is 3.92. The highest BCUT2D eigenvalue weighted by Gasteiger charge is 2.45. The SMILES string of the molecule is CC(=O)N[C@H]1[C@H](OC[C@@H](O)[C@H](O)[C@H](O)[C@@H](O)C=O)O[C@H](CO)[C@@H](O)[C@@H]1O. The molecule has 1 heterocycles. The van der Waals surface area contributed by atoms with Crippen molar-refractivity contribution in [3.63, 3.8) is 0 Å². The van der Waals surface area contributed by atoms with Crippen LogP contribution in [-0.2, 0) is 19.1 Å². The summed E-state index contributed by atoms with van der Waals surface area (Å²) in [5, 5.41) is 69.5. The van der Waals surface area contributed by atoms with Gasteiger partial charge in [-0.2, -0.15) is 0 Å². The van der Waals surface area contributed by atoms with Gasteiger partial charge >= 0.3 is 0 Å². The summed E-state index contributed by atoms with van der Waals surface area (Å²) in [6, 6.07) is -1.25.